The lowest BCUT2D eigenvalue weighted by Crippen LogP contribution is -1.96. The zero-order valence-electron chi connectivity index (χ0n) is 61.9. The minimum Gasteiger partial charge on any atom is -0.416 e. The third-order valence-corrected chi connectivity index (χ3v) is 22.5. The van der Waals surface area contributed by atoms with Crippen molar-refractivity contribution in [1.29, 1.82) is 0 Å². The molecular weight excluding hydrogens is 1370 g/mol. The van der Waals surface area contributed by atoms with E-state index in [1.807, 2.05) is 6.07 Å². The van der Waals surface area contributed by atoms with Crippen molar-refractivity contribution in [2.24, 2.45) is 0 Å². The van der Waals surface area contributed by atoms with Crippen molar-refractivity contribution in [1.82, 2.24) is 34.1 Å². The summed E-state index contributed by atoms with van der Waals surface area (Å²) in [6.07, 6.45) is 8.44. The molecule has 112 heavy (non-hydrogen) atoms. The zero-order valence-corrected chi connectivity index (χ0v) is 61.9. The van der Waals surface area contributed by atoms with Gasteiger partial charge in [0.05, 0.1) is 33.1 Å². The second kappa shape index (κ2) is 29.5. The van der Waals surface area contributed by atoms with Gasteiger partial charge in [-0.15, -0.1) is 20.4 Å². The van der Waals surface area contributed by atoms with Gasteiger partial charge in [-0.1, -0.05) is 224 Å². The predicted molar refractivity (Wildman–Crippen MR) is 459 cm³/mol. The molecule has 9 heteroatoms. The van der Waals surface area contributed by atoms with Crippen LogP contribution < -0.4 is 0 Å². The van der Waals surface area contributed by atoms with Gasteiger partial charge < -0.3 is 22.5 Å². The first kappa shape index (κ1) is 67.3. The summed E-state index contributed by atoms with van der Waals surface area (Å²) in [5.74, 6) is 1.76. The smallest absolute Gasteiger partial charge is 0.248 e. The third kappa shape index (κ3) is 13.2. The van der Waals surface area contributed by atoms with Gasteiger partial charge in [0, 0.05) is 71.6 Å². The van der Waals surface area contributed by atoms with Crippen LogP contribution in [0.15, 0.2) is 367 Å². The number of fused-ring (bicyclic) bond motifs is 9. The molecule has 20 aromatic rings. The number of hydrogen-bond donors (Lipinski definition) is 0. The number of para-hydroxylation sites is 3. The fourth-order valence-electron chi connectivity index (χ4n) is 16.7. The molecule has 5 heterocycles. The Hall–Kier alpha value is -14.0. The Labute approximate surface area is 649 Å². The summed E-state index contributed by atoms with van der Waals surface area (Å²) in [5, 5.41) is 26.1. The number of hydrogen-bond acceptors (Lipinski definition) is 6. The molecule has 0 amide bonds. The highest BCUT2D eigenvalue weighted by atomic mass is 16.4. The Morgan fingerprint density at radius 3 is 0.741 bits per heavy atom. The van der Waals surface area contributed by atoms with E-state index in [1.54, 1.807) is 0 Å². The van der Waals surface area contributed by atoms with Crippen LogP contribution in [0.2, 0.25) is 0 Å². The fourth-order valence-corrected chi connectivity index (χ4v) is 16.7. The number of aryl methyl sites for hydroxylation is 6. The van der Waals surface area contributed by atoms with Gasteiger partial charge in [-0.3, -0.25) is 0 Å². The third-order valence-electron chi connectivity index (χ3n) is 22.5. The van der Waals surface area contributed by atoms with E-state index in [-0.39, 0.29) is 0 Å². The molecule has 0 fully saturated rings. The Balaban J connectivity index is 0.515. The van der Waals surface area contributed by atoms with Crippen LogP contribution in [0.5, 0.6) is 0 Å². The van der Waals surface area contributed by atoms with E-state index in [0.717, 1.165) is 103 Å². The summed E-state index contributed by atoms with van der Waals surface area (Å²) in [4.78, 5) is 0. The van der Waals surface area contributed by atoms with Crippen molar-refractivity contribution in [2.45, 2.75) is 57.8 Å². The van der Waals surface area contributed by atoms with Crippen molar-refractivity contribution >= 4 is 65.4 Å². The highest BCUT2D eigenvalue weighted by Gasteiger charge is 2.21. The summed E-state index contributed by atoms with van der Waals surface area (Å²) >= 11 is 0. The van der Waals surface area contributed by atoms with Crippen LogP contribution in [0.4, 0.5) is 0 Å². The Morgan fingerprint density at radius 2 is 0.429 bits per heavy atom. The lowest BCUT2D eigenvalue weighted by atomic mass is 9.99. The lowest BCUT2D eigenvalue weighted by Gasteiger charge is -2.10. The molecule has 536 valence electrons. The van der Waals surface area contributed by atoms with Crippen LogP contribution >= 0.6 is 0 Å². The maximum Gasteiger partial charge on any atom is 0.248 e. The molecule has 0 atom stereocenters. The number of benzene rings is 15. The van der Waals surface area contributed by atoms with E-state index in [2.05, 4.69) is 386 Å². The van der Waals surface area contributed by atoms with Gasteiger partial charge in [0.25, 0.3) is 0 Å². The average Bonchev–Trinajstić information content (AvgIpc) is 1.60. The molecule has 0 unspecified atom stereocenters. The molecule has 5 aromatic heterocycles. The average molecular weight is 1440 g/mol. The highest BCUT2D eigenvalue weighted by molar-refractivity contribution is 6.13. The Morgan fingerprint density at radius 1 is 0.179 bits per heavy atom. The molecular formula is C103H77N7O2. The van der Waals surface area contributed by atoms with E-state index in [0.29, 0.717) is 23.6 Å². The van der Waals surface area contributed by atoms with E-state index in [4.69, 9.17) is 8.83 Å². The minimum atomic E-state index is 0.421. The molecule has 0 aliphatic carbocycles. The standard InChI is InChI=1S/C103H77N7O2/c1-4-25-75(26-5-1)80-51-60-97-91(66-80)88-31-10-13-34-94(88)108(97)85-54-41-71(42-55-85)21-16-19-69-37-47-78(48-38-69)100-104-106-102(111-100)83-63-74(24-18-23-73-45-58-87(59-46-73)110-96-36-15-12-33-90(96)93-68-82(53-62-99(93)110)77-29-8-3-9-30-77)64-84(65-83)103-107-105-101(112-103)79-49-39-70(40-50-79)20-17-22-72-43-56-86(57-44-72)109-95-35-14-11-32-89(95)92-67-81(52-61-98(92)109)76-27-6-2-7-28-76/h1-15,25-68H,16-24H2. The molecule has 20 rings (SSSR count). The van der Waals surface area contributed by atoms with Crippen LogP contribution in [-0.4, -0.2) is 34.1 Å². The van der Waals surface area contributed by atoms with Crippen molar-refractivity contribution in [3.63, 3.8) is 0 Å². The summed E-state index contributed by atoms with van der Waals surface area (Å²) < 4.78 is 20.4. The lowest BCUT2D eigenvalue weighted by molar-refractivity contribution is 0.582. The van der Waals surface area contributed by atoms with Crippen LogP contribution in [0.25, 0.3) is 162 Å². The van der Waals surface area contributed by atoms with E-state index < -0.39 is 0 Å². The summed E-state index contributed by atoms with van der Waals surface area (Å²) in [5.41, 5.74) is 28.8. The van der Waals surface area contributed by atoms with Crippen molar-refractivity contribution < 1.29 is 8.83 Å². The van der Waals surface area contributed by atoms with Crippen LogP contribution in [-0.2, 0) is 38.5 Å². The maximum absolute atomic E-state index is 6.59. The zero-order chi connectivity index (χ0) is 74.3. The molecule has 9 nitrogen and oxygen atoms in total. The number of aromatic nitrogens is 7. The first-order valence-corrected chi connectivity index (χ1v) is 39.0. The van der Waals surface area contributed by atoms with E-state index in [9.17, 15) is 0 Å². The molecule has 15 aromatic carbocycles. The maximum atomic E-state index is 6.59. The molecule has 0 saturated carbocycles. The molecule has 0 aliphatic heterocycles. The normalized spacial score (nSPS) is 11.7. The monoisotopic (exact) mass is 1440 g/mol. The molecule has 0 spiro atoms. The number of nitrogens with zero attached hydrogens (tertiary/aromatic N) is 7. The van der Waals surface area contributed by atoms with Crippen molar-refractivity contribution in [3.8, 4) is 96.3 Å². The van der Waals surface area contributed by atoms with Crippen LogP contribution in [0.3, 0.4) is 0 Å². The van der Waals surface area contributed by atoms with Gasteiger partial charge >= 0.3 is 0 Å². The van der Waals surface area contributed by atoms with Crippen molar-refractivity contribution in [3.05, 3.63) is 391 Å². The molecule has 0 aliphatic rings. The second-order valence-electron chi connectivity index (χ2n) is 29.5. The summed E-state index contributed by atoms with van der Waals surface area (Å²) in [6, 6.07) is 129. The molecule has 0 saturated heterocycles. The van der Waals surface area contributed by atoms with E-state index in [1.165, 1.54) is 127 Å². The largest absolute Gasteiger partial charge is 0.416 e. The predicted octanol–water partition coefficient (Wildman–Crippen LogP) is 25.9. The van der Waals surface area contributed by atoms with Gasteiger partial charge in [0.1, 0.15) is 0 Å². The number of rotatable bonds is 22. The van der Waals surface area contributed by atoms with Crippen LogP contribution in [0.1, 0.15) is 52.6 Å². The molecule has 0 radical (unpaired) electrons. The van der Waals surface area contributed by atoms with Gasteiger partial charge in [-0.25, -0.2) is 0 Å². The van der Waals surface area contributed by atoms with Crippen molar-refractivity contribution in [2.75, 3.05) is 0 Å². The topological polar surface area (TPSA) is 92.6 Å². The van der Waals surface area contributed by atoms with Crippen LogP contribution in [0, 0.1) is 0 Å². The summed E-state index contributed by atoms with van der Waals surface area (Å²) in [6.45, 7) is 0. The minimum absolute atomic E-state index is 0.421. The first-order chi connectivity index (χ1) is 55.5. The van der Waals surface area contributed by atoms with E-state index >= 15 is 0 Å². The SMILES string of the molecule is c1ccc(-c2ccc3c(c2)c2ccccc2n3-c2ccc(CCCc3ccc(-c4nnc(-c5cc(CCCc6ccc(-n7c8ccccc8c8cc(-c9ccccc9)ccc87)cc6)cc(-c6nnc(-c7ccc(CCCc8ccc(-n9c%10ccccc%10c%10cc(-c%11ccccc%11)ccc%109)cc8)cc7)o6)c5)o4)cc3)cc2)cc1. The van der Waals surface area contributed by atoms with Gasteiger partial charge in [-0.05, 0) is 258 Å². The first-order valence-electron chi connectivity index (χ1n) is 39.0. The fraction of sp³-hybridized carbons (Fsp3) is 0.0874. The second-order valence-corrected chi connectivity index (χ2v) is 29.5. The van der Waals surface area contributed by atoms with Gasteiger partial charge in [-0.2, -0.15) is 0 Å². The van der Waals surface area contributed by atoms with Gasteiger partial charge in [0.2, 0.25) is 23.6 Å². The highest BCUT2D eigenvalue weighted by Crippen LogP contribution is 2.40. The quantitative estimate of drug-likeness (QED) is 0.0671. The van der Waals surface area contributed by atoms with Gasteiger partial charge in [0.15, 0.2) is 0 Å². The summed E-state index contributed by atoms with van der Waals surface area (Å²) in [7, 11) is 0. The molecule has 0 bridgehead atoms. The Bertz CT molecular complexity index is 6480. The molecule has 0 N–H and O–H groups in total. The Kier molecular flexibility index (Phi) is 17.7.